The molecule has 0 atom stereocenters. The molecule has 0 N–H and O–H groups in total. The molecule has 0 unspecified atom stereocenters. The summed E-state index contributed by atoms with van der Waals surface area (Å²) in [5.41, 5.74) is 4.57. The highest BCUT2D eigenvalue weighted by atomic mass is 32.1. The van der Waals surface area contributed by atoms with E-state index in [-0.39, 0.29) is 0 Å². The first kappa shape index (κ1) is 26.2. The summed E-state index contributed by atoms with van der Waals surface area (Å²) in [6.07, 6.45) is 0. The van der Waals surface area contributed by atoms with Gasteiger partial charge < -0.3 is 0 Å². The van der Waals surface area contributed by atoms with Gasteiger partial charge in [0.1, 0.15) is 16.1 Å². The van der Waals surface area contributed by atoms with E-state index >= 15 is 0 Å². The molecular formula is C28H46S2Si2. The zero-order valence-corrected chi connectivity index (χ0v) is 26.2. The van der Waals surface area contributed by atoms with Crippen molar-refractivity contribution in [2.75, 3.05) is 0 Å². The number of thiophene rings is 2. The van der Waals surface area contributed by atoms with Gasteiger partial charge >= 0.3 is 0 Å². The summed E-state index contributed by atoms with van der Waals surface area (Å²) in [6.45, 7) is 29.8. The molecule has 0 bridgehead atoms. The topological polar surface area (TPSA) is 0 Å². The average Bonchev–Trinajstić information content (AvgIpc) is 3.21. The van der Waals surface area contributed by atoms with E-state index in [4.69, 9.17) is 0 Å². The fourth-order valence-electron chi connectivity index (χ4n) is 7.71. The quantitative estimate of drug-likeness (QED) is 0.269. The van der Waals surface area contributed by atoms with Gasteiger partial charge in [-0.25, -0.2) is 0 Å². The lowest BCUT2D eigenvalue weighted by Crippen LogP contribution is -2.54. The molecule has 0 saturated heterocycles. The van der Waals surface area contributed by atoms with E-state index in [2.05, 4.69) is 130 Å². The minimum absolute atomic E-state index is 0.762. The second-order valence-electron chi connectivity index (χ2n) is 11.9. The molecule has 0 amide bonds. The van der Waals surface area contributed by atoms with Gasteiger partial charge in [0, 0.05) is 9.40 Å². The van der Waals surface area contributed by atoms with Crippen LogP contribution >= 0.6 is 22.7 Å². The average molecular weight is 503 g/mol. The van der Waals surface area contributed by atoms with Gasteiger partial charge in [-0.1, -0.05) is 83.1 Å². The molecule has 2 aromatic heterocycles. The molecule has 0 spiro atoms. The first-order chi connectivity index (χ1) is 14.8. The second-order valence-corrected chi connectivity index (χ2v) is 26.6. The van der Waals surface area contributed by atoms with Gasteiger partial charge in [-0.05, 0) is 77.3 Å². The van der Waals surface area contributed by atoms with Crippen molar-refractivity contribution in [1.29, 1.82) is 0 Å². The minimum Gasteiger partial charge on any atom is -0.145 e. The van der Waals surface area contributed by atoms with Crippen LogP contribution in [0, 0.1) is 0 Å². The van der Waals surface area contributed by atoms with Crippen LogP contribution in [-0.4, -0.2) is 16.1 Å². The maximum absolute atomic E-state index is 2.60. The van der Waals surface area contributed by atoms with Crippen LogP contribution in [0.4, 0.5) is 0 Å². The van der Waals surface area contributed by atoms with E-state index in [0.717, 1.165) is 33.2 Å². The van der Waals surface area contributed by atoms with Crippen LogP contribution in [0.3, 0.4) is 0 Å². The summed E-state index contributed by atoms with van der Waals surface area (Å²) < 4.78 is 6.45. The zero-order chi connectivity index (χ0) is 24.2. The van der Waals surface area contributed by atoms with Crippen molar-refractivity contribution in [3.05, 3.63) is 24.3 Å². The molecule has 3 rings (SSSR count). The van der Waals surface area contributed by atoms with Gasteiger partial charge in [-0.3, -0.25) is 0 Å². The maximum atomic E-state index is 2.60. The molecule has 1 aromatic carbocycles. The molecule has 3 aromatic rings. The van der Waals surface area contributed by atoms with Crippen LogP contribution in [0.2, 0.25) is 33.2 Å². The van der Waals surface area contributed by atoms with Gasteiger partial charge in [0.2, 0.25) is 0 Å². The number of hydrogen-bond donors (Lipinski definition) is 0. The predicted molar refractivity (Wildman–Crippen MR) is 159 cm³/mol. The molecule has 0 aliphatic heterocycles. The number of benzene rings is 1. The standard InChI is InChI=1S/C28H46S2Si2/c1-17(2)31(18(3)4,19(5)6)27-15-23-13-26-24(14-25(23)29-27)16-28(30-26)32(20(7)8,21(9)10)22(11)12/h13-22H,1-12H3. The van der Waals surface area contributed by atoms with Gasteiger partial charge in [0.15, 0.2) is 0 Å². The van der Waals surface area contributed by atoms with Gasteiger partial charge in [-0.15, -0.1) is 22.7 Å². The van der Waals surface area contributed by atoms with E-state index < -0.39 is 16.1 Å². The Morgan fingerprint density at radius 3 is 0.906 bits per heavy atom. The van der Waals surface area contributed by atoms with Crippen molar-refractivity contribution in [2.24, 2.45) is 0 Å². The highest BCUT2D eigenvalue weighted by Gasteiger charge is 2.46. The molecule has 4 heteroatoms. The Kier molecular flexibility index (Phi) is 7.62. The fourth-order valence-corrected chi connectivity index (χ4v) is 27.9. The second kappa shape index (κ2) is 9.32. The van der Waals surface area contributed by atoms with Gasteiger partial charge in [0.05, 0.1) is 0 Å². The van der Waals surface area contributed by atoms with Crippen molar-refractivity contribution in [3.8, 4) is 0 Å². The van der Waals surface area contributed by atoms with E-state index in [1.165, 1.54) is 20.2 Å². The SMILES string of the molecule is CC(C)[Si](c1cc2cc3sc([Si](C(C)C)(C(C)C)C(C)C)cc3cc2s1)(C(C)C)C(C)C. The van der Waals surface area contributed by atoms with Crippen molar-refractivity contribution in [2.45, 2.75) is 116 Å². The summed E-state index contributed by atoms with van der Waals surface area (Å²) in [4.78, 5) is 0. The van der Waals surface area contributed by atoms with Crippen LogP contribution in [0.25, 0.3) is 20.2 Å². The Bertz CT molecular complexity index is 890. The molecule has 2 heterocycles. The number of rotatable bonds is 8. The normalized spacial score (nSPS) is 14.1. The van der Waals surface area contributed by atoms with Crippen molar-refractivity contribution in [3.63, 3.8) is 0 Å². The zero-order valence-electron chi connectivity index (χ0n) is 22.6. The predicted octanol–water partition coefficient (Wildman–Crippen LogP) is 9.89. The summed E-state index contributed by atoms with van der Waals surface area (Å²) >= 11 is 4.23. The lowest BCUT2D eigenvalue weighted by atomic mass is 10.2. The van der Waals surface area contributed by atoms with Crippen molar-refractivity contribution >= 4 is 68.0 Å². The van der Waals surface area contributed by atoms with E-state index in [1.807, 2.05) is 0 Å². The molecule has 0 aliphatic carbocycles. The summed E-state index contributed by atoms with van der Waals surface area (Å²) in [5, 5.41) is 2.96. The minimum atomic E-state index is -1.60. The third-order valence-corrected chi connectivity index (χ3v) is 26.8. The highest BCUT2D eigenvalue weighted by molar-refractivity contribution is 7.33. The summed E-state index contributed by atoms with van der Waals surface area (Å²) in [7, 11) is -3.20. The monoisotopic (exact) mass is 502 g/mol. The van der Waals surface area contributed by atoms with Gasteiger partial charge in [-0.2, -0.15) is 0 Å². The third kappa shape index (κ3) is 3.81. The van der Waals surface area contributed by atoms with E-state index in [0.29, 0.717) is 0 Å². The summed E-state index contributed by atoms with van der Waals surface area (Å²) in [6, 6.07) is 10.3. The Morgan fingerprint density at radius 1 is 0.438 bits per heavy atom. The molecule has 32 heavy (non-hydrogen) atoms. The van der Waals surface area contributed by atoms with Crippen LogP contribution < -0.4 is 9.00 Å². The van der Waals surface area contributed by atoms with Crippen LogP contribution in [0.15, 0.2) is 24.3 Å². The lowest BCUT2D eigenvalue weighted by Gasteiger charge is -2.42. The Labute approximate surface area is 207 Å². The van der Waals surface area contributed by atoms with Crippen LogP contribution in [-0.2, 0) is 0 Å². The fraction of sp³-hybridized carbons (Fsp3) is 0.643. The van der Waals surface area contributed by atoms with Crippen LogP contribution in [0.1, 0.15) is 83.1 Å². The molecular weight excluding hydrogens is 457 g/mol. The lowest BCUT2D eigenvalue weighted by molar-refractivity contribution is 0.837. The van der Waals surface area contributed by atoms with Crippen LogP contribution in [0.5, 0.6) is 0 Å². The smallest absolute Gasteiger partial charge is 0.107 e. The number of fused-ring (bicyclic) bond motifs is 2. The molecule has 0 radical (unpaired) electrons. The van der Waals surface area contributed by atoms with E-state index in [9.17, 15) is 0 Å². The van der Waals surface area contributed by atoms with Crippen molar-refractivity contribution < 1.29 is 0 Å². The molecule has 0 aliphatic rings. The van der Waals surface area contributed by atoms with Gasteiger partial charge in [0.25, 0.3) is 0 Å². The molecule has 0 nitrogen and oxygen atoms in total. The van der Waals surface area contributed by atoms with Crippen molar-refractivity contribution in [1.82, 2.24) is 0 Å². The molecule has 178 valence electrons. The van der Waals surface area contributed by atoms with E-state index in [1.54, 1.807) is 9.00 Å². The Morgan fingerprint density at radius 2 is 0.688 bits per heavy atom. The molecule has 0 fully saturated rings. The first-order valence-corrected chi connectivity index (χ1v) is 18.9. The third-order valence-electron chi connectivity index (χ3n) is 8.74. The summed E-state index contributed by atoms with van der Waals surface area (Å²) in [5.74, 6) is 0. The largest absolute Gasteiger partial charge is 0.145 e. The molecule has 0 saturated carbocycles. The number of hydrogen-bond acceptors (Lipinski definition) is 2. The first-order valence-electron chi connectivity index (χ1n) is 12.8. The Balaban J connectivity index is 2.22. The highest BCUT2D eigenvalue weighted by Crippen LogP contribution is 2.45. The maximum Gasteiger partial charge on any atom is 0.107 e. The Hall–Kier alpha value is -0.426.